The third kappa shape index (κ3) is 4.17. The van der Waals surface area contributed by atoms with Crippen molar-refractivity contribution >= 4 is 11.6 Å². The van der Waals surface area contributed by atoms with Gasteiger partial charge in [0.25, 0.3) is 0 Å². The zero-order valence-electron chi connectivity index (χ0n) is 10.3. The molecule has 2 N–H and O–H groups in total. The number of ether oxygens (including phenoxy) is 1. The first kappa shape index (κ1) is 14.3. The van der Waals surface area contributed by atoms with Crippen molar-refractivity contribution in [3.05, 3.63) is 28.5 Å². The van der Waals surface area contributed by atoms with Gasteiger partial charge in [-0.1, -0.05) is 25.4 Å². The maximum absolute atomic E-state index is 13.3. The molecule has 2 nitrogen and oxygen atoms in total. The SMILES string of the molecule is CCCOc1cc(F)cc(Cl)c1CC(N)CC. The van der Waals surface area contributed by atoms with Crippen LogP contribution in [0.15, 0.2) is 12.1 Å². The summed E-state index contributed by atoms with van der Waals surface area (Å²) in [4.78, 5) is 0. The molecule has 0 spiro atoms. The molecule has 0 aliphatic heterocycles. The maximum Gasteiger partial charge on any atom is 0.128 e. The lowest BCUT2D eigenvalue weighted by Crippen LogP contribution is -2.22. The van der Waals surface area contributed by atoms with Gasteiger partial charge >= 0.3 is 0 Å². The van der Waals surface area contributed by atoms with Crippen molar-refractivity contribution in [2.24, 2.45) is 5.73 Å². The molecular formula is C13H19ClFNO. The fraction of sp³-hybridized carbons (Fsp3) is 0.538. The van der Waals surface area contributed by atoms with E-state index < -0.39 is 0 Å². The summed E-state index contributed by atoms with van der Waals surface area (Å²) >= 11 is 6.04. The Morgan fingerprint density at radius 2 is 2.12 bits per heavy atom. The summed E-state index contributed by atoms with van der Waals surface area (Å²) in [6, 6.07) is 2.69. The van der Waals surface area contributed by atoms with Crippen LogP contribution >= 0.6 is 11.6 Å². The summed E-state index contributed by atoms with van der Waals surface area (Å²) in [7, 11) is 0. The first-order valence-corrected chi connectivity index (χ1v) is 6.32. The smallest absolute Gasteiger partial charge is 0.128 e. The topological polar surface area (TPSA) is 35.2 Å². The van der Waals surface area contributed by atoms with Gasteiger partial charge in [0.2, 0.25) is 0 Å². The quantitative estimate of drug-likeness (QED) is 0.848. The molecule has 1 aromatic rings. The van der Waals surface area contributed by atoms with Crippen molar-refractivity contribution < 1.29 is 9.13 Å². The summed E-state index contributed by atoms with van der Waals surface area (Å²) in [5.41, 5.74) is 6.70. The van der Waals surface area contributed by atoms with E-state index in [1.54, 1.807) is 0 Å². The lowest BCUT2D eigenvalue weighted by atomic mass is 10.0. The highest BCUT2D eigenvalue weighted by Crippen LogP contribution is 2.29. The minimum atomic E-state index is -0.380. The van der Waals surface area contributed by atoms with Crippen molar-refractivity contribution in [3.8, 4) is 5.75 Å². The predicted molar refractivity (Wildman–Crippen MR) is 69.2 cm³/mol. The van der Waals surface area contributed by atoms with Gasteiger partial charge in [-0.2, -0.15) is 0 Å². The van der Waals surface area contributed by atoms with Crippen LogP contribution < -0.4 is 10.5 Å². The lowest BCUT2D eigenvalue weighted by molar-refractivity contribution is 0.311. The first-order valence-electron chi connectivity index (χ1n) is 5.94. The van der Waals surface area contributed by atoms with Crippen LogP contribution in [-0.4, -0.2) is 12.6 Å². The highest BCUT2D eigenvalue weighted by atomic mass is 35.5. The van der Waals surface area contributed by atoms with Gasteiger partial charge in [-0.05, 0) is 25.3 Å². The van der Waals surface area contributed by atoms with E-state index >= 15 is 0 Å². The average Bonchev–Trinajstić information content (AvgIpc) is 2.29. The van der Waals surface area contributed by atoms with Gasteiger partial charge < -0.3 is 10.5 Å². The van der Waals surface area contributed by atoms with E-state index in [-0.39, 0.29) is 11.9 Å². The Labute approximate surface area is 107 Å². The summed E-state index contributed by atoms with van der Waals surface area (Å²) in [6.07, 6.45) is 2.32. The van der Waals surface area contributed by atoms with Gasteiger partial charge in [-0.3, -0.25) is 0 Å². The van der Waals surface area contributed by atoms with Crippen LogP contribution in [0.1, 0.15) is 32.3 Å². The normalized spacial score (nSPS) is 12.5. The Morgan fingerprint density at radius 1 is 1.41 bits per heavy atom. The third-order valence-electron chi connectivity index (χ3n) is 2.57. The van der Waals surface area contributed by atoms with E-state index in [4.69, 9.17) is 22.1 Å². The molecule has 0 fully saturated rings. The number of rotatable bonds is 6. The van der Waals surface area contributed by atoms with Gasteiger partial charge in [0.05, 0.1) is 11.6 Å². The highest BCUT2D eigenvalue weighted by molar-refractivity contribution is 6.31. The Balaban J connectivity index is 2.97. The van der Waals surface area contributed by atoms with Crippen LogP contribution in [0.5, 0.6) is 5.75 Å². The number of nitrogens with two attached hydrogens (primary N) is 1. The third-order valence-corrected chi connectivity index (χ3v) is 2.91. The van der Waals surface area contributed by atoms with Crippen molar-refractivity contribution in [1.82, 2.24) is 0 Å². The second-order valence-electron chi connectivity index (χ2n) is 4.09. The molecule has 1 unspecified atom stereocenters. The van der Waals surface area contributed by atoms with Crippen molar-refractivity contribution in [1.29, 1.82) is 0 Å². The summed E-state index contributed by atoms with van der Waals surface area (Å²) in [6.45, 7) is 4.56. The van der Waals surface area contributed by atoms with Crippen molar-refractivity contribution in [2.75, 3.05) is 6.61 Å². The molecule has 0 aromatic heterocycles. The summed E-state index contributed by atoms with van der Waals surface area (Å²) in [5.74, 6) is 0.135. The molecule has 1 atom stereocenters. The molecule has 0 aliphatic rings. The van der Waals surface area contributed by atoms with Gasteiger partial charge in [-0.15, -0.1) is 0 Å². The molecule has 0 heterocycles. The number of hydrogen-bond acceptors (Lipinski definition) is 2. The van der Waals surface area contributed by atoms with Crippen LogP contribution in [0, 0.1) is 5.82 Å². The van der Waals surface area contributed by atoms with Crippen LogP contribution in [-0.2, 0) is 6.42 Å². The molecule has 4 heteroatoms. The van der Waals surface area contributed by atoms with E-state index in [9.17, 15) is 4.39 Å². The number of halogens is 2. The molecule has 0 saturated heterocycles. The van der Waals surface area contributed by atoms with Gasteiger partial charge in [0.1, 0.15) is 11.6 Å². The van der Waals surface area contributed by atoms with Crippen LogP contribution in [0.2, 0.25) is 5.02 Å². The Kier molecular flexibility index (Phi) is 5.72. The Morgan fingerprint density at radius 3 is 2.71 bits per heavy atom. The largest absolute Gasteiger partial charge is 0.493 e. The van der Waals surface area contributed by atoms with E-state index in [1.165, 1.54) is 12.1 Å². The number of hydrogen-bond donors (Lipinski definition) is 1. The van der Waals surface area contributed by atoms with E-state index in [0.29, 0.717) is 23.8 Å². The molecule has 17 heavy (non-hydrogen) atoms. The summed E-state index contributed by atoms with van der Waals surface area (Å²) in [5, 5.41) is 0.389. The van der Waals surface area contributed by atoms with Gasteiger partial charge in [0, 0.05) is 17.7 Å². The molecular weight excluding hydrogens is 241 g/mol. The first-order chi connectivity index (χ1) is 8.08. The molecule has 96 valence electrons. The zero-order chi connectivity index (χ0) is 12.8. The van der Waals surface area contributed by atoms with Crippen LogP contribution in [0.25, 0.3) is 0 Å². The van der Waals surface area contributed by atoms with Crippen molar-refractivity contribution in [3.63, 3.8) is 0 Å². The van der Waals surface area contributed by atoms with Crippen LogP contribution in [0.3, 0.4) is 0 Å². The molecule has 0 aliphatic carbocycles. The Hall–Kier alpha value is -0.800. The minimum Gasteiger partial charge on any atom is -0.493 e. The molecule has 0 radical (unpaired) electrons. The number of benzene rings is 1. The lowest BCUT2D eigenvalue weighted by Gasteiger charge is -2.15. The predicted octanol–water partition coefficient (Wildman–Crippen LogP) is 3.55. The second-order valence-corrected chi connectivity index (χ2v) is 4.49. The monoisotopic (exact) mass is 259 g/mol. The molecule has 0 amide bonds. The second kappa shape index (κ2) is 6.82. The fourth-order valence-electron chi connectivity index (χ4n) is 1.53. The molecule has 1 aromatic carbocycles. The summed E-state index contributed by atoms with van der Waals surface area (Å²) < 4.78 is 18.8. The maximum atomic E-state index is 13.3. The Bertz CT molecular complexity index is 371. The minimum absolute atomic E-state index is 0.0157. The van der Waals surface area contributed by atoms with E-state index in [2.05, 4.69) is 0 Å². The van der Waals surface area contributed by atoms with Crippen LogP contribution in [0.4, 0.5) is 4.39 Å². The molecule has 1 rings (SSSR count). The van der Waals surface area contributed by atoms with E-state index in [1.807, 2.05) is 13.8 Å². The molecule has 0 saturated carbocycles. The van der Waals surface area contributed by atoms with Gasteiger partial charge in [0.15, 0.2) is 0 Å². The van der Waals surface area contributed by atoms with E-state index in [0.717, 1.165) is 18.4 Å². The zero-order valence-corrected chi connectivity index (χ0v) is 11.1. The van der Waals surface area contributed by atoms with Gasteiger partial charge in [-0.25, -0.2) is 4.39 Å². The van der Waals surface area contributed by atoms with Crippen molar-refractivity contribution in [2.45, 2.75) is 39.2 Å². The average molecular weight is 260 g/mol. The standard InChI is InChI=1S/C13H19ClFNO/c1-3-5-17-13-7-9(15)6-12(14)11(13)8-10(16)4-2/h6-7,10H,3-5,8,16H2,1-2H3. The fourth-order valence-corrected chi connectivity index (χ4v) is 1.80. The molecule has 0 bridgehead atoms. The highest BCUT2D eigenvalue weighted by Gasteiger charge is 2.13.